The number of carbonyl (C=O) groups excluding carboxylic acids is 1. The smallest absolute Gasteiger partial charge is 0.227 e. The number of pyridine rings is 1. The zero-order chi connectivity index (χ0) is 12.3. The van der Waals surface area contributed by atoms with Crippen LogP contribution in [0.4, 0.5) is 0 Å². The molecule has 4 nitrogen and oxygen atoms in total. The predicted octanol–water partition coefficient (Wildman–Crippen LogP) is 1.24. The number of halogens is 1. The van der Waals surface area contributed by atoms with Crippen LogP contribution in [0.25, 0.3) is 0 Å². The standard InChI is InChI=1S/C13H19N3O.ClH/c1-10-9-16(6-4-12(10)14)13(17)7-11-3-2-5-15-8-11;/h2-3,5,8,10,12H,4,6-7,9,14H2,1H3;1H. The van der Waals surface area contributed by atoms with Gasteiger partial charge in [0.1, 0.15) is 0 Å². The highest BCUT2D eigenvalue weighted by atomic mass is 35.5. The van der Waals surface area contributed by atoms with Crippen molar-refractivity contribution >= 4 is 18.3 Å². The molecule has 2 heterocycles. The lowest BCUT2D eigenvalue weighted by molar-refractivity contribution is -0.132. The third kappa shape index (κ3) is 3.68. The van der Waals surface area contributed by atoms with Crippen LogP contribution in [0.15, 0.2) is 24.5 Å². The largest absolute Gasteiger partial charge is 0.342 e. The molecule has 1 aromatic rings. The van der Waals surface area contributed by atoms with Crippen LogP contribution in [-0.4, -0.2) is 34.9 Å². The topological polar surface area (TPSA) is 59.2 Å². The van der Waals surface area contributed by atoms with E-state index < -0.39 is 0 Å². The Bertz CT molecular complexity index is 385. The van der Waals surface area contributed by atoms with Crippen molar-refractivity contribution in [1.82, 2.24) is 9.88 Å². The first kappa shape index (κ1) is 14.9. The molecule has 5 heteroatoms. The quantitative estimate of drug-likeness (QED) is 0.879. The van der Waals surface area contributed by atoms with Crippen molar-refractivity contribution in [1.29, 1.82) is 0 Å². The molecule has 0 radical (unpaired) electrons. The first-order valence-electron chi connectivity index (χ1n) is 6.09. The van der Waals surface area contributed by atoms with Crippen molar-refractivity contribution in [2.24, 2.45) is 11.7 Å². The second kappa shape index (κ2) is 6.71. The summed E-state index contributed by atoms with van der Waals surface area (Å²) < 4.78 is 0. The summed E-state index contributed by atoms with van der Waals surface area (Å²) in [6.07, 6.45) is 4.81. The van der Waals surface area contributed by atoms with Crippen LogP contribution in [0.1, 0.15) is 18.9 Å². The van der Waals surface area contributed by atoms with E-state index in [9.17, 15) is 4.79 Å². The molecule has 100 valence electrons. The van der Waals surface area contributed by atoms with Gasteiger partial charge in [0.15, 0.2) is 0 Å². The number of hydrogen-bond acceptors (Lipinski definition) is 3. The molecule has 1 aliphatic heterocycles. The summed E-state index contributed by atoms with van der Waals surface area (Å²) in [4.78, 5) is 18.0. The number of likely N-dealkylation sites (tertiary alicyclic amines) is 1. The highest BCUT2D eigenvalue weighted by Crippen LogP contribution is 2.15. The van der Waals surface area contributed by atoms with Crippen molar-refractivity contribution in [2.75, 3.05) is 13.1 Å². The van der Waals surface area contributed by atoms with Gasteiger partial charge >= 0.3 is 0 Å². The SMILES string of the molecule is CC1CN(C(=O)Cc2cccnc2)CCC1N.Cl. The summed E-state index contributed by atoms with van der Waals surface area (Å²) in [7, 11) is 0. The van der Waals surface area contributed by atoms with Crippen molar-refractivity contribution in [3.63, 3.8) is 0 Å². The summed E-state index contributed by atoms with van der Waals surface area (Å²) in [5.41, 5.74) is 6.92. The Labute approximate surface area is 114 Å². The van der Waals surface area contributed by atoms with E-state index in [1.807, 2.05) is 17.0 Å². The van der Waals surface area contributed by atoms with Gasteiger partial charge in [0.25, 0.3) is 0 Å². The number of amides is 1. The highest BCUT2D eigenvalue weighted by molar-refractivity contribution is 5.85. The van der Waals surface area contributed by atoms with E-state index >= 15 is 0 Å². The average molecular weight is 270 g/mol. The number of hydrogen-bond donors (Lipinski definition) is 1. The second-order valence-electron chi connectivity index (χ2n) is 4.81. The minimum absolute atomic E-state index is 0. The molecule has 18 heavy (non-hydrogen) atoms. The highest BCUT2D eigenvalue weighted by Gasteiger charge is 2.25. The lowest BCUT2D eigenvalue weighted by atomic mass is 9.94. The Kier molecular flexibility index (Phi) is 5.56. The van der Waals surface area contributed by atoms with E-state index in [2.05, 4.69) is 11.9 Å². The van der Waals surface area contributed by atoms with Gasteiger partial charge in [0.2, 0.25) is 5.91 Å². The van der Waals surface area contributed by atoms with Gasteiger partial charge in [-0.2, -0.15) is 0 Å². The summed E-state index contributed by atoms with van der Waals surface area (Å²) in [6.45, 7) is 3.67. The van der Waals surface area contributed by atoms with Gasteiger partial charge in [-0.05, 0) is 24.0 Å². The molecule has 0 saturated carbocycles. The van der Waals surface area contributed by atoms with E-state index in [1.54, 1.807) is 12.4 Å². The molecular weight excluding hydrogens is 250 g/mol. The van der Waals surface area contributed by atoms with Crippen LogP contribution in [0.3, 0.4) is 0 Å². The molecule has 2 unspecified atom stereocenters. The normalized spacial score (nSPS) is 23.3. The minimum atomic E-state index is 0. The third-order valence-corrected chi connectivity index (χ3v) is 3.40. The molecule has 0 bridgehead atoms. The summed E-state index contributed by atoms with van der Waals surface area (Å²) in [5, 5.41) is 0. The van der Waals surface area contributed by atoms with E-state index in [-0.39, 0.29) is 24.4 Å². The van der Waals surface area contributed by atoms with Gasteiger partial charge < -0.3 is 10.6 Å². The number of carbonyl (C=O) groups is 1. The fraction of sp³-hybridized carbons (Fsp3) is 0.538. The van der Waals surface area contributed by atoms with Gasteiger partial charge in [-0.15, -0.1) is 12.4 Å². The summed E-state index contributed by atoms with van der Waals surface area (Å²) in [6, 6.07) is 4.03. The first-order chi connectivity index (χ1) is 8.16. The summed E-state index contributed by atoms with van der Waals surface area (Å²) >= 11 is 0. The Morgan fingerprint density at radius 2 is 2.39 bits per heavy atom. The number of aromatic nitrogens is 1. The lowest BCUT2D eigenvalue weighted by Gasteiger charge is -2.35. The fourth-order valence-electron chi connectivity index (χ4n) is 2.18. The molecule has 0 aromatic carbocycles. The van der Waals surface area contributed by atoms with Crippen LogP contribution in [0.2, 0.25) is 0 Å². The minimum Gasteiger partial charge on any atom is -0.342 e. The van der Waals surface area contributed by atoms with Crippen LogP contribution >= 0.6 is 12.4 Å². The summed E-state index contributed by atoms with van der Waals surface area (Å²) in [5.74, 6) is 0.568. The molecule has 1 fully saturated rings. The van der Waals surface area contributed by atoms with E-state index in [4.69, 9.17) is 5.73 Å². The molecule has 1 aliphatic rings. The van der Waals surface area contributed by atoms with Crippen LogP contribution in [0.5, 0.6) is 0 Å². The van der Waals surface area contributed by atoms with Crippen LogP contribution < -0.4 is 5.73 Å². The van der Waals surface area contributed by atoms with Gasteiger partial charge in [-0.3, -0.25) is 9.78 Å². The van der Waals surface area contributed by atoms with Gasteiger partial charge in [0.05, 0.1) is 6.42 Å². The molecule has 0 spiro atoms. The Balaban J connectivity index is 0.00000162. The van der Waals surface area contributed by atoms with Crippen molar-refractivity contribution < 1.29 is 4.79 Å². The zero-order valence-electron chi connectivity index (χ0n) is 10.6. The molecule has 1 amide bonds. The van der Waals surface area contributed by atoms with E-state index in [1.165, 1.54) is 0 Å². The number of nitrogens with two attached hydrogens (primary N) is 1. The van der Waals surface area contributed by atoms with Gasteiger partial charge in [-0.25, -0.2) is 0 Å². The van der Waals surface area contributed by atoms with Crippen LogP contribution in [0, 0.1) is 5.92 Å². The lowest BCUT2D eigenvalue weighted by Crippen LogP contribution is -2.48. The molecule has 2 N–H and O–H groups in total. The predicted molar refractivity (Wildman–Crippen MR) is 73.5 cm³/mol. The molecule has 2 rings (SSSR count). The fourth-order valence-corrected chi connectivity index (χ4v) is 2.18. The monoisotopic (exact) mass is 269 g/mol. The Morgan fingerprint density at radius 3 is 3.00 bits per heavy atom. The average Bonchev–Trinajstić information content (AvgIpc) is 2.34. The van der Waals surface area contributed by atoms with Crippen molar-refractivity contribution in [3.8, 4) is 0 Å². The Morgan fingerprint density at radius 1 is 1.61 bits per heavy atom. The second-order valence-corrected chi connectivity index (χ2v) is 4.81. The molecule has 2 atom stereocenters. The number of piperidine rings is 1. The van der Waals surface area contributed by atoms with Crippen molar-refractivity contribution in [3.05, 3.63) is 30.1 Å². The molecule has 1 aromatic heterocycles. The maximum atomic E-state index is 12.1. The molecular formula is C13H20ClN3O. The van der Waals surface area contributed by atoms with Crippen LogP contribution in [-0.2, 0) is 11.2 Å². The third-order valence-electron chi connectivity index (χ3n) is 3.40. The zero-order valence-corrected chi connectivity index (χ0v) is 11.4. The van der Waals surface area contributed by atoms with Gasteiger partial charge in [0, 0.05) is 31.5 Å². The van der Waals surface area contributed by atoms with E-state index in [0.717, 1.165) is 25.1 Å². The van der Waals surface area contributed by atoms with Crippen molar-refractivity contribution in [2.45, 2.75) is 25.8 Å². The molecule has 0 aliphatic carbocycles. The Hall–Kier alpha value is -1.13. The van der Waals surface area contributed by atoms with E-state index in [0.29, 0.717) is 12.3 Å². The number of rotatable bonds is 2. The number of nitrogens with zero attached hydrogens (tertiary/aromatic N) is 2. The van der Waals surface area contributed by atoms with Gasteiger partial charge in [-0.1, -0.05) is 13.0 Å². The molecule has 1 saturated heterocycles. The maximum absolute atomic E-state index is 12.1. The first-order valence-corrected chi connectivity index (χ1v) is 6.09. The maximum Gasteiger partial charge on any atom is 0.227 e.